The smallest absolute Gasteiger partial charge is 0.311 e. The van der Waals surface area contributed by atoms with Crippen LogP contribution in [-0.2, 0) is 0 Å². The van der Waals surface area contributed by atoms with Crippen LogP contribution < -0.4 is 4.90 Å². The standard InChI is InChI=1S/C72H63N7S6/c1-8-11-14-17-20-55(58(47-73)75-4)63-38-44-69(83-63)66-41-35-60(80-66)49-23-29-52(30-24-49)79(53-31-25-50(26-32-53)61-36-42-67(81-61)70-45-39-64(84-70)56(59(48-74)76-5)21-18-15-12-9-2)54-33-27-51(28-34-54)62-37-43-68(82-62)71-46-40-65(85-71)57(72(77-6)78-7)22-19-16-13-10-3/h23-46H,8-22H2,1-3H3/b58-55-,59-56+. The topological polar surface area (TPSA) is 68.3 Å². The van der Waals surface area contributed by atoms with Gasteiger partial charge in [0.1, 0.15) is 13.1 Å². The lowest BCUT2D eigenvalue weighted by Gasteiger charge is -2.26. The lowest BCUT2D eigenvalue weighted by atomic mass is 10.0. The first-order valence-corrected chi connectivity index (χ1v) is 33.9. The fourth-order valence-corrected chi connectivity index (χ4v) is 16.8. The van der Waals surface area contributed by atoms with Gasteiger partial charge in [-0.3, -0.25) is 0 Å². The van der Waals surface area contributed by atoms with Gasteiger partial charge in [-0.1, -0.05) is 134 Å². The Morgan fingerprint density at radius 3 is 0.918 bits per heavy atom. The number of benzene rings is 3. The summed E-state index contributed by atoms with van der Waals surface area (Å²) in [5.41, 5.74) is 9.37. The molecule has 0 atom stereocenters. The lowest BCUT2D eigenvalue weighted by molar-refractivity contribution is 0.678. The Labute approximate surface area is 526 Å². The molecule has 0 unspecified atom stereocenters. The van der Waals surface area contributed by atoms with Gasteiger partial charge in [-0.25, -0.2) is 20.2 Å². The summed E-state index contributed by atoms with van der Waals surface area (Å²) < 4.78 is 0. The minimum absolute atomic E-state index is 0.179. The van der Waals surface area contributed by atoms with Gasteiger partial charge in [-0.15, -0.1) is 68.0 Å². The predicted molar refractivity (Wildman–Crippen MR) is 366 cm³/mol. The van der Waals surface area contributed by atoms with Crippen molar-refractivity contribution in [2.45, 2.75) is 117 Å². The number of hydrogen-bond donors (Lipinski definition) is 0. The third kappa shape index (κ3) is 15.0. The molecule has 9 rings (SSSR count). The lowest BCUT2D eigenvalue weighted by Crippen LogP contribution is -2.09. The molecular formula is C72H63N7S6. The quantitative estimate of drug-likeness (QED) is 0.0293. The second kappa shape index (κ2) is 30.6. The van der Waals surface area contributed by atoms with Crippen molar-refractivity contribution in [3.05, 3.63) is 223 Å². The van der Waals surface area contributed by atoms with Crippen LogP contribution in [0.15, 0.2) is 163 Å². The molecule has 0 N–H and O–H groups in total. The van der Waals surface area contributed by atoms with Crippen molar-refractivity contribution in [2.75, 3.05) is 4.90 Å². The van der Waals surface area contributed by atoms with Crippen molar-refractivity contribution in [3.8, 4) is 72.7 Å². The zero-order chi connectivity index (χ0) is 59.5. The van der Waals surface area contributed by atoms with E-state index in [1.54, 1.807) is 68.0 Å². The van der Waals surface area contributed by atoms with Crippen LogP contribution in [0.4, 0.5) is 17.1 Å². The highest BCUT2D eigenvalue weighted by Crippen LogP contribution is 2.46. The minimum Gasteiger partial charge on any atom is -0.311 e. The zero-order valence-corrected chi connectivity index (χ0v) is 52.9. The summed E-state index contributed by atoms with van der Waals surface area (Å²) in [5, 5.41) is 19.7. The van der Waals surface area contributed by atoms with E-state index in [9.17, 15) is 10.5 Å². The Morgan fingerprint density at radius 2 is 0.624 bits per heavy atom. The maximum absolute atomic E-state index is 9.85. The molecule has 0 aliphatic carbocycles. The summed E-state index contributed by atoms with van der Waals surface area (Å²) in [6, 6.07) is 56.4. The normalized spacial score (nSPS) is 11.5. The Balaban J connectivity index is 0.989. The average Bonchev–Trinajstić information content (AvgIpc) is 3.91. The summed E-state index contributed by atoms with van der Waals surface area (Å²) >= 11 is 10.2. The highest BCUT2D eigenvalue weighted by molar-refractivity contribution is 7.25. The molecule has 13 heteroatoms. The van der Waals surface area contributed by atoms with Gasteiger partial charge >= 0.3 is 5.82 Å². The van der Waals surface area contributed by atoms with Gasteiger partial charge in [0, 0.05) is 75.6 Å². The number of thiophene rings is 6. The molecule has 3 aromatic carbocycles. The van der Waals surface area contributed by atoms with Crippen LogP contribution in [0.5, 0.6) is 0 Å². The first-order chi connectivity index (χ1) is 41.7. The highest BCUT2D eigenvalue weighted by atomic mass is 32.1. The molecule has 0 spiro atoms. The first-order valence-electron chi connectivity index (χ1n) is 29.0. The van der Waals surface area contributed by atoms with Gasteiger partial charge in [0.05, 0.1) is 30.9 Å². The molecule has 85 heavy (non-hydrogen) atoms. The molecule has 0 radical (unpaired) electrons. The summed E-state index contributed by atoms with van der Waals surface area (Å²) in [7, 11) is 0. The molecular weight excluding hydrogens is 1160 g/mol. The Hall–Kier alpha value is -8.18. The second-order valence-electron chi connectivity index (χ2n) is 20.5. The fraction of sp³-hybridized carbons (Fsp3) is 0.250. The Kier molecular flexibility index (Phi) is 22.1. The minimum atomic E-state index is 0.179. The van der Waals surface area contributed by atoms with E-state index < -0.39 is 0 Å². The number of unbranched alkanes of at least 4 members (excludes halogenated alkanes) is 9. The SMILES string of the molecule is [C-]#[N+]C([N+]#[C-])=C(CCCCCC)c1ccc(-c2ccc(-c3ccc(N(c4ccc(-c5ccc(-c6ccc(/C(CCCCCC)=C(/C#N)[N+]#[C-])s6)s5)cc4)c4ccc(-c5ccc(-c6ccc(/C(CCCCCC)=C(\C#N)[N+]#[C-])s6)s5)cc4)cc3)s2)s1. The van der Waals surface area contributed by atoms with Crippen molar-refractivity contribution in [1.82, 2.24) is 0 Å². The third-order valence-electron chi connectivity index (χ3n) is 14.8. The number of rotatable bonds is 27. The number of anilines is 3. The van der Waals surface area contributed by atoms with Crippen molar-refractivity contribution >= 4 is 102 Å². The van der Waals surface area contributed by atoms with Crippen molar-refractivity contribution < 1.29 is 0 Å². The first kappa shape index (κ1) is 61.4. The molecule has 0 bridgehead atoms. The molecule has 9 aromatic rings. The van der Waals surface area contributed by atoms with Crippen LogP contribution in [0.25, 0.3) is 96.7 Å². The van der Waals surface area contributed by atoms with E-state index >= 15 is 0 Å². The number of nitriles is 2. The molecule has 7 nitrogen and oxygen atoms in total. The summed E-state index contributed by atoms with van der Waals surface area (Å²) in [6.45, 7) is 37.4. The monoisotopic (exact) mass is 1220 g/mol. The maximum Gasteiger partial charge on any atom is 0.524 e. The van der Waals surface area contributed by atoms with E-state index in [2.05, 4.69) is 203 Å². The van der Waals surface area contributed by atoms with Crippen LogP contribution in [0.1, 0.15) is 132 Å². The van der Waals surface area contributed by atoms with Gasteiger partial charge in [-0.2, -0.15) is 9.69 Å². The second-order valence-corrected chi connectivity index (χ2v) is 27.0. The molecule has 0 aliphatic rings. The van der Waals surface area contributed by atoms with Gasteiger partial charge in [-0.05, 0) is 156 Å². The van der Waals surface area contributed by atoms with E-state index in [0.717, 1.165) is 205 Å². The molecule has 6 aromatic heterocycles. The van der Waals surface area contributed by atoms with Crippen LogP contribution in [-0.4, -0.2) is 0 Å². The predicted octanol–water partition coefficient (Wildman–Crippen LogP) is 25.3. The van der Waals surface area contributed by atoms with Gasteiger partial charge in [0.15, 0.2) is 0 Å². The van der Waals surface area contributed by atoms with Gasteiger partial charge < -0.3 is 4.90 Å². The third-order valence-corrected chi connectivity index (χ3v) is 22.2. The number of nitrogens with zero attached hydrogens (tertiary/aromatic N) is 7. The van der Waals surface area contributed by atoms with E-state index in [-0.39, 0.29) is 17.2 Å². The van der Waals surface area contributed by atoms with Crippen molar-refractivity contribution in [3.63, 3.8) is 0 Å². The van der Waals surface area contributed by atoms with Crippen molar-refractivity contribution in [1.29, 1.82) is 10.5 Å². The van der Waals surface area contributed by atoms with E-state index in [1.807, 2.05) is 0 Å². The van der Waals surface area contributed by atoms with Crippen LogP contribution in [0, 0.1) is 49.0 Å². The molecule has 422 valence electrons. The van der Waals surface area contributed by atoms with Crippen LogP contribution in [0.2, 0.25) is 0 Å². The molecule has 0 fully saturated rings. The highest BCUT2D eigenvalue weighted by Gasteiger charge is 2.22. The van der Waals surface area contributed by atoms with E-state index in [0.29, 0.717) is 0 Å². The maximum atomic E-state index is 9.85. The largest absolute Gasteiger partial charge is 0.524 e. The van der Waals surface area contributed by atoms with E-state index in [4.69, 9.17) is 26.3 Å². The van der Waals surface area contributed by atoms with Gasteiger partial charge in [0.2, 0.25) is 0 Å². The Morgan fingerprint density at radius 1 is 0.341 bits per heavy atom. The molecule has 6 heterocycles. The molecule has 0 amide bonds. The summed E-state index contributed by atoms with van der Waals surface area (Å²) in [5.74, 6) is 0.179. The molecule has 0 saturated carbocycles. The molecule has 0 aliphatic heterocycles. The average molecular weight is 1220 g/mol. The van der Waals surface area contributed by atoms with Crippen LogP contribution >= 0.6 is 68.0 Å². The van der Waals surface area contributed by atoms with Crippen LogP contribution in [0.3, 0.4) is 0 Å². The number of allylic oxidation sites excluding steroid dienone is 5. The fourth-order valence-electron chi connectivity index (χ4n) is 10.3. The molecule has 0 saturated heterocycles. The van der Waals surface area contributed by atoms with E-state index in [1.165, 1.54) is 0 Å². The summed E-state index contributed by atoms with van der Waals surface area (Å²) in [4.78, 5) is 30.1. The Bertz CT molecular complexity index is 3630. The van der Waals surface area contributed by atoms with Gasteiger partial charge in [0.25, 0.3) is 11.4 Å². The number of hydrogen-bond acceptors (Lipinski definition) is 9. The summed E-state index contributed by atoms with van der Waals surface area (Å²) in [6.07, 6.45) is 15.2. The zero-order valence-electron chi connectivity index (χ0n) is 48.0. The van der Waals surface area contributed by atoms with Crippen molar-refractivity contribution in [2.24, 2.45) is 0 Å².